The number of benzene rings is 3. The molecule has 45 heavy (non-hydrogen) atoms. The molecule has 0 bridgehead atoms. The molecule has 9 heteroatoms. The number of hydrogen-bond donors (Lipinski definition) is 2. The van der Waals surface area contributed by atoms with Gasteiger partial charge in [0.15, 0.2) is 5.82 Å². The fourth-order valence-corrected chi connectivity index (χ4v) is 6.15. The zero-order chi connectivity index (χ0) is 31.3. The van der Waals surface area contributed by atoms with Crippen LogP contribution in [0.1, 0.15) is 68.6 Å². The maximum atomic E-state index is 14.3. The lowest BCUT2D eigenvalue weighted by Gasteiger charge is -2.28. The molecule has 2 atom stereocenters. The number of aliphatic hydroxyl groups is 1. The van der Waals surface area contributed by atoms with Gasteiger partial charge in [-0.1, -0.05) is 74.3 Å². The Morgan fingerprint density at radius 2 is 1.76 bits per heavy atom. The van der Waals surface area contributed by atoms with E-state index in [-0.39, 0.29) is 11.7 Å². The number of nitrogens with zero attached hydrogens (tertiary/aromatic N) is 3. The Bertz CT molecular complexity index is 1870. The molecule has 232 valence electrons. The molecule has 0 radical (unpaired) electrons. The van der Waals surface area contributed by atoms with E-state index in [1.807, 2.05) is 79.7 Å². The standard InChI is InChI=1S/C36H38N4O5/c1-3-10-30-29(22-23-15-20-27(24-11-6-5-7-12-24)28(21-23)34-38-36(43)45-39-34)35(42)40(33(4-2)37-30)25-16-18-26(19-17-25)44-32-14-9-8-13-31(32)41/h5-7,11-12,15-21,31-32,41H,3-4,8-10,13-14,22H2,1-2H3,(H,38,39,43)/t31-,32-/m1/s1. The number of H-pyrrole nitrogens is 1. The highest BCUT2D eigenvalue weighted by Gasteiger charge is 2.25. The number of aromatic amines is 1. The van der Waals surface area contributed by atoms with Crippen LogP contribution in [0.15, 0.2) is 86.9 Å². The van der Waals surface area contributed by atoms with Gasteiger partial charge in [0.2, 0.25) is 0 Å². The second-order valence-electron chi connectivity index (χ2n) is 11.6. The Kier molecular flexibility index (Phi) is 9.07. The smallest absolute Gasteiger partial charge is 0.439 e. The first-order valence-corrected chi connectivity index (χ1v) is 15.8. The van der Waals surface area contributed by atoms with Crippen molar-refractivity contribution in [3.05, 3.63) is 116 Å². The van der Waals surface area contributed by atoms with E-state index in [1.54, 1.807) is 4.57 Å². The number of ether oxygens (including phenoxy) is 1. The van der Waals surface area contributed by atoms with E-state index in [0.29, 0.717) is 53.5 Å². The van der Waals surface area contributed by atoms with Gasteiger partial charge in [-0.25, -0.2) is 9.78 Å². The molecule has 1 aliphatic carbocycles. The zero-order valence-electron chi connectivity index (χ0n) is 25.7. The molecule has 1 saturated carbocycles. The van der Waals surface area contributed by atoms with Gasteiger partial charge in [-0.15, -0.1) is 0 Å². The number of aromatic nitrogens is 4. The van der Waals surface area contributed by atoms with Crippen molar-refractivity contribution >= 4 is 0 Å². The fourth-order valence-electron chi connectivity index (χ4n) is 6.15. The van der Waals surface area contributed by atoms with Gasteiger partial charge < -0.3 is 9.84 Å². The van der Waals surface area contributed by atoms with Crippen LogP contribution in [-0.4, -0.2) is 37.0 Å². The predicted octanol–water partition coefficient (Wildman–Crippen LogP) is 6.03. The third-order valence-corrected chi connectivity index (χ3v) is 8.43. The van der Waals surface area contributed by atoms with Gasteiger partial charge in [0.25, 0.3) is 5.56 Å². The molecule has 6 rings (SSSR count). The molecule has 5 aromatic rings. The maximum Gasteiger partial charge on any atom is 0.439 e. The molecule has 0 spiro atoms. The lowest BCUT2D eigenvalue weighted by atomic mass is 9.94. The van der Waals surface area contributed by atoms with E-state index in [4.69, 9.17) is 14.2 Å². The third-order valence-electron chi connectivity index (χ3n) is 8.43. The Balaban J connectivity index is 1.38. The van der Waals surface area contributed by atoms with Crippen LogP contribution >= 0.6 is 0 Å². The van der Waals surface area contributed by atoms with Crippen LogP contribution in [0.5, 0.6) is 5.75 Å². The molecule has 0 aliphatic heterocycles. The van der Waals surface area contributed by atoms with Crippen LogP contribution in [-0.2, 0) is 19.3 Å². The molecular formula is C36H38N4O5. The Morgan fingerprint density at radius 1 is 0.978 bits per heavy atom. The highest BCUT2D eigenvalue weighted by molar-refractivity contribution is 5.81. The summed E-state index contributed by atoms with van der Waals surface area (Å²) < 4.78 is 12.6. The van der Waals surface area contributed by atoms with Crippen molar-refractivity contribution in [2.24, 2.45) is 0 Å². The average molecular weight is 607 g/mol. The summed E-state index contributed by atoms with van der Waals surface area (Å²) in [4.78, 5) is 33.9. The maximum absolute atomic E-state index is 14.3. The van der Waals surface area contributed by atoms with Crippen LogP contribution in [0.3, 0.4) is 0 Å². The van der Waals surface area contributed by atoms with Gasteiger partial charge in [-0.3, -0.25) is 18.9 Å². The van der Waals surface area contributed by atoms with E-state index in [9.17, 15) is 14.7 Å². The summed E-state index contributed by atoms with van der Waals surface area (Å²) in [6, 6.07) is 23.3. The molecule has 0 unspecified atom stereocenters. The third kappa shape index (κ3) is 6.54. The summed E-state index contributed by atoms with van der Waals surface area (Å²) in [7, 11) is 0. The van der Waals surface area contributed by atoms with Crippen molar-refractivity contribution in [1.29, 1.82) is 0 Å². The van der Waals surface area contributed by atoms with Crippen LogP contribution in [0, 0.1) is 0 Å². The first-order chi connectivity index (χ1) is 21.9. The van der Waals surface area contributed by atoms with E-state index >= 15 is 0 Å². The summed E-state index contributed by atoms with van der Waals surface area (Å²) in [5.74, 6) is 1.06. The first kappa shape index (κ1) is 30.3. The van der Waals surface area contributed by atoms with Crippen molar-refractivity contribution in [1.82, 2.24) is 19.7 Å². The van der Waals surface area contributed by atoms with Gasteiger partial charge in [-0.2, -0.15) is 0 Å². The van der Waals surface area contributed by atoms with Crippen LogP contribution < -0.4 is 16.1 Å². The Labute approximate surface area is 261 Å². The number of hydrogen-bond acceptors (Lipinski definition) is 7. The molecule has 2 aromatic heterocycles. The van der Waals surface area contributed by atoms with Gasteiger partial charge in [0, 0.05) is 24.0 Å². The fraction of sp³-hybridized carbons (Fsp3) is 0.333. The van der Waals surface area contributed by atoms with Crippen LogP contribution in [0.2, 0.25) is 0 Å². The summed E-state index contributed by atoms with van der Waals surface area (Å²) in [6.45, 7) is 4.08. The first-order valence-electron chi connectivity index (χ1n) is 15.8. The van der Waals surface area contributed by atoms with Crippen molar-refractivity contribution in [3.63, 3.8) is 0 Å². The highest BCUT2D eigenvalue weighted by atomic mass is 16.5. The normalized spacial score (nSPS) is 16.5. The lowest BCUT2D eigenvalue weighted by molar-refractivity contribution is 0.00688. The summed E-state index contributed by atoms with van der Waals surface area (Å²) >= 11 is 0. The predicted molar refractivity (Wildman–Crippen MR) is 173 cm³/mol. The SMILES string of the molecule is CCCc1nc(CC)n(-c2ccc(O[C@@H]3CCCC[C@H]3O)cc2)c(=O)c1Cc1ccc(-c2ccccc2)c(-c2noc(=O)[nH]2)c1. The van der Waals surface area contributed by atoms with Crippen molar-refractivity contribution in [2.45, 2.75) is 77.4 Å². The van der Waals surface area contributed by atoms with Gasteiger partial charge in [0.05, 0.1) is 17.5 Å². The monoisotopic (exact) mass is 606 g/mol. The minimum absolute atomic E-state index is 0.106. The molecule has 2 N–H and O–H groups in total. The molecule has 1 aliphatic rings. The van der Waals surface area contributed by atoms with Gasteiger partial charge in [0.1, 0.15) is 17.7 Å². The molecule has 0 saturated heterocycles. The minimum Gasteiger partial charge on any atom is -0.488 e. The van der Waals surface area contributed by atoms with Crippen LogP contribution in [0.25, 0.3) is 28.2 Å². The van der Waals surface area contributed by atoms with Crippen LogP contribution in [0.4, 0.5) is 0 Å². The van der Waals surface area contributed by atoms with E-state index in [0.717, 1.165) is 54.5 Å². The quantitative estimate of drug-likeness (QED) is 0.199. The minimum atomic E-state index is -0.631. The van der Waals surface area contributed by atoms with E-state index in [1.165, 1.54) is 0 Å². The van der Waals surface area contributed by atoms with Gasteiger partial charge >= 0.3 is 5.76 Å². The zero-order valence-corrected chi connectivity index (χ0v) is 25.7. The number of nitrogens with one attached hydrogen (secondary N) is 1. The highest BCUT2D eigenvalue weighted by Crippen LogP contribution is 2.32. The Hall–Kier alpha value is -4.76. The summed E-state index contributed by atoms with van der Waals surface area (Å²) in [6.07, 6.45) is 5.45. The summed E-state index contributed by atoms with van der Waals surface area (Å²) in [5, 5.41) is 14.3. The van der Waals surface area contributed by atoms with Crippen molar-refractivity contribution in [2.75, 3.05) is 0 Å². The number of aliphatic hydroxyl groups excluding tert-OH is 1. The second-order valence-corrected chi connectivity index (χ2v) is 11.6. The Morgan fingerprint density at radius 3 is 2.44 bits per heavy atom. The van der Waals surface area contributed by atoms with E-state index < -0.39 is 11.9 Å². The van der Waals surface area contributed by atoms with E-state index in [2.05, 4.69) is 17.1 Å². The van der Waals surface area contributed by atoms with Crippen molar-refractivity contribution < 1.29 is 14.4 Å². The molecular weight excluding hydrogens is 568 g/mol. The molecule has 1 fully saturated rings. The molecule has 9 nitrogen and oxygen atoms in total. The second kappa shape index (κ2) is 13.5. The molecule has 0 amide bonds. The largest absolute Gasteiger partial charge is 0.488 e. The molecule has 2 heterocycles. The lowest BCUT2D eigenvalue weighted by Crippen LogP contribution is -2.34. The number of aryl methyl sites for hydroxylation is 2. The van der Waals surface area contributed by atoms with Gasteiger partial charge in [-0.05, 0) is 72.7 Å². The number of rotatable bonds is 10. The topological polar surface area (TPSA) is 123 Å². The summed E-state index contributed by atoms with van der Waals surface area (Å²) in [5.41, 5.74) is 5.48. The van der Waals surface area contributed by atoms with Crippen molar-refractivity contribution in [3.8, 4) is 34.0 Å². The average Bonchev–Trinajstić information content (AvgIpc) is 3.50. The molecule has 3 aromatic carbocycles.